The molecule has 2 rings (SSSR count). The highest BCUT2D eigenvalue weighted by Gasteiger charge is 2.14. The molecule has 1 aliphatic rings. The lowest BCUT2D eigenvalue weighted by atomic mass is 10.1. The summed E-state index contributed by atoms with van der Waals surface area (Å²) in [5.41, 5.74) is 0.624. The predicted molar refractivity (Wildman–Crippen MR) is 92.4 cm³/mol. The van der Waals surface area contributed by atoms with Crippen molar-refractivity contribution in [2.45, 2.75) is 39.1 Å². The zero-order chi connectivity index (χ0) is 18.6. The van der Waals surface area contributed by atoms with E-state index < -0.39 is 11.8 Å². The van der Waals surface area contributed by atoms with Crippen molar-refractivity contribution in [3.8, 4) is 0 Å². The van der Waals surface area contributed by atoms with E-state index in [1.54, 1.807) is 13.0 Å². The van der Waals surface area contributed by atoms with E-state index in [4.69, 9.17) is 23.7 Å². The second-order valence-electron chi connectivity index (χ2n) is 5.87. The minimum absolute atomic E-state index is 0.0775. The molecule has 0 spiro atoms. The highest BCUT2D eigenvalue weighted by molar-refractivity contribution is 5.89. The molecule has 1 aromatic carbocycles. The van der Waals surface area contributed by atoms with Gasteiger partial charge in [0, 0.05) is 6.61 Å². The molecule has 1 unspecified atom stereocenters. The van der Waals surface area contributed by atoms with Gasteiger partial charge in [0.25, 0.3) is 0 Å². The van der Waals surface area contributed by atoms with Gasteiger partial charge in [-0.05, 0) is 43.9 Å². The quantitative estimate of drug-likeness (QED) is 0.441. The van der Waals surface area contributed by atoms with Crippen LogP contribution in [0.5, 0.6) is 0 Å². The molecular weight excluding hydrogens is 343 g/mol. The van der Waals surface area contributed by atoms with Crippen molar-refractivity contribution in [2.75, 3.05) is 39.6 Å². The minimum Gasteiger partial charge on any atom is -0.462 e. The van der Waals surface area contributed by atoms with Gasteiger partial charge in [-0.1, -0.05) is 6.07 Å². The summed E-state index contributed by atoms with van der Waals surface area (Å²) in [5, 5.41) is 0. The number of benzene rings is 1. The number of ether oxygens (including phenoxy) is 5. The van der Waals surface area contributed by atoms with E-state index in [9.17, 15) is 9.18 Å². The molecule has 1 heterocycles. The lowest BCUT2D eigenvalue weighted by Crippen LogP contribution is -2.24. The van der Waals surface area contributed by atoms with E-state index in [0.29, 0.717) is 32.0 Å². The number of halogens is 1. The van der Waals surface area contributed by atoms with Crippen LogP contribution in [0.1, 0.15) is 42.1 Å². The normalized spacial score (nSPS) is 17.2. The molecule has 146 valence electrons. The van der Waals surface area contributed by atoms with Gasteiger partial charge < -0.3 is 23.7 Å². The van der Waals surface area contributed by atoms with Gasteiger partial charge in [0.15, 0.2) is 6.29 Å². The number of rotatable bonds is 11. The van der Waals surface area contributed by atoms with Gasteiger partial charge in [0.2, 0.25) is 0 Å². The summed E-state index contributed by atoms with van der Waals surface area (Å²) < 4.78 is 40.4. The van der Waals surface area contributed by atoms with E-state index in [-0.39, 0.29) is 25.1 Å². The van der Waals surface area contributed by atoms with Crippen LogP contribution < -0.4 is 0 Å². The van der Waals surface area contributed by atoms with Crippen LogP contribution in [0.3, 0.4) is 0 Å². The monoisotopic (exact) mass is 370 g/mol. The van der Waals surface area contributed by atoms with Crippen molar-refractivity contribution in [3.63, 3.8) is 0 Å². The summed E-state index contributed by atoms with van der Waals surface area (Å²) in [6, 6.07) is 4.27. The lowest BCUT2D eigenvalue weighted by Gasteiger charge is -2.22. The average Bonchev–Trinajstić information content (AvgIpc) is 2.66. The third-order valence-electron chi connectivity index (χ3n) is 3.84. The maximum Gasteiger partial charge on any atom is 0.341 e. The summed E-state index contributed by atoms with van der Waals surface area (Å²) in [4.78, 5) is 11.7. The van der Waals surface area contributed by atoms with Crippen LogP contribution >= 0.6 is 0 Å². The Morgan fingerprint density at radius 1 is 1.19 bits per heavy atom. The summed E-state index contributed by atoms with van der Waals surface area (Å²) in [7, 11) is 0. The Bertz CT molecular complexity index is 545. The zero-order valence-electron chi connectivity index (χ0n) is 15.2. The molecule has 0 bridgehead atoms. The maximum absolute atomic E-state index is 13.7. The fourth-order valence-corrected chi connectivity index (χ4v) is 2.52. The van der Waals surface area contributed by atoms with Gasteiger partial charge in [-0.25, -0.2) is 9.18 Å². The SMILES string of the molecule is CCOC(=O)c1cc(COCCOCCOC2CCCCO2)ccc1F. The molecule has 0 saturated carbocycles. The van der Waals surface area contributed by atoms with E-state index >= 15 is 0 Å². The highest BCUT2D eigenvalue weighted by Crippen LogP contribution is 2.14. The maximum atomic E-state index is 13.7. The third kappa shape index (κ3) is 7.37. The summed E-state index contributed by atoms with van der Waals surface area (Å²) in [6.45, 7) is 4.71. The molecule has 0 radical (unpaired) electrons. The molecule has 1 fully saturated rings. The van der Waals surface area contributed by atoms with Crippen LogP contribution in [0.4, 0.5) is 4.39 Å². The first-order chi connectivity index (χ1) is 12.7. The summed E-state index contributed by atoms with van der Waals surface area (Å²) in [6.07, 6.45) is 3.08. The van der Waals surface area contributed by atoms with Crippen LogP contribution in [0.15, 0.2) is 18.2 Å². The fraction of sp³-hybridized carbons (Fsp3) is 0.632. The van der Waals surface area contributed by atoms with Crippen LogP contribution in [-0.2, 0) is 30.3 Å². The smallest absolute Gasteiger partial charge is 0.341 e. The van der Waals surface area contributed by atoms with Crippen molar-refractivity contribution in [3.05, 3.63) is 35.1 Å². The molecule has 0 aliphatic carbocycles. The van der Waals surface area contributed by atoms with Crippen LogP contribution in [0.25, 0.3) is 0 Å². The summed E-state index contributed by atoms with van der Waals surface area (Å²) in [5.74, 6) is -1.27. The third-order valence-corrected chi connectivity index (χ3v) is 3.84. The van der Waals surface area contributed by atoms with Crippen LogP contribution in [0.2, 0.25) is 0 Å². The molecule has 0 amide bonds. The first kappa shape index (κ1) is 20.8. The number of carbonyl (C=O) groups excluding carboxylic acids is 1. The largest absolute Gasteiger partial charge is 0.462 e. The Morgan fingerprint density at radius 2 is 2.00 bits per heavy atom. The minimum atomic E-state index is -0.669. The topological polar surface area (TPSA) is 63.2 Å². The average molecular weight is 370 g/mol. The molecule has 0 N–H and O–H groups in total. The molecule has 26 heavy (non-hydrogen) atoms. The predicted octanol–water partition coefficient (Wildman–Crippen LogP) is 3.08. The molecular formula is C19H27FO6. The summed E-state index contributed by atoms with van der Waals surface area (Å²) >= 11 is 0. The molecule has 6 nitrogen and oxygen atoms in total. The Kier molecular flexibility index (Phi) is 9.55. The first-order valence-electron chi connectivity index (χ1n) is 9.05. The van der Waals surface area contributed by atoms with Gasteiger partial charge >= 0.3 is 5.97 Å². The van der Waals surface area contributed by atoms with Crippen molar-refractivity contribution in [1.82, 2.24) is 0 Å². The van der Waals surface area contributed by atoms with Gasteiger partial charge in [-0.3, -0.25) is 0 Å². The highest BCUT2D eigenvalue weighted by atomic mass is 19.1. The van der Waals surface area contributed by atoms with Gasteiger partial charge in [0.05, 0.1) is 45.2 Å². The fourth-order valence-electron chi connectivity index (χ4n) is 2.52. The molecule has 1 aromatic rings. The Balaban J connectivity index is 1.56. The second-order valence-corrected chi connectivity index (χ2v) is 5.87. The molecule has 1 atom stereocenters. The van der Waals surface area contributed by atoms with Gasteiger partial charge in [-0.2, -0.15) is 0 Å². The van der Waals surface area contributed by atoms with E-state index in [0.717, 1.165) is 25.9 Å². The molecule has 7 heteroatoms. The zero-order valence-corrected chi connectivity index (χ0v) is 15.2. The van der Waals surface area contributed by atoms with Crippen LogP contribution in [-0.4, -0.2) is 51.9 Å². The van der Waals surface area contributed by atoms with Crippen LogP contribution in [0, 0.1) is 5.82 Å². The van der Waals surface area contributed by atoms with E-state index in [1.165, 1.54) is 12.1 Å². The van der Waals surface area contributed by atoms with Crippen molar-refractivity contribution >= 4 is 5.97 Å². The molecule has 1 saturated heterocycles. The Labute approximate surface area is 153 Å². The molecule has 1 aliphatic heterocycles. The standard InChI is InChI=1S/C19H27FO6/c1-2-24-19(21)16-13-15(6-7-17(16)20)14-23-10-9-22-11-12-26-18-5-3-4-8-25-18/h6-7,13,18H,2-5,8-12,14H2,1H3. The van der Waals surface area contributed by atoms with Gasteiger partial charge in [0.1, 0.15) is 5.82 Å². The lowest BCUT2D eigenvalue weighted by molar-refractivity contribution is -0.169. The van der Waals surface area contributed by atoms with Crippen molar-refractivity contribution < 1.29 is 32.9 Å². The number of esters is 1. The first-order valence-corrected chi connectivity index (χ1v) is 9.05. The Hall–Kier alpha value is -1.54. The number of hydrogen-bond acceptors (Lipinski definition) is 6. The second kappa shape index (κ2) is 12.0. The number of hydrogen-bond donors (Lipinski definition) is 0. The van der Waals surface area contributed by atoms with E-state index in [2.05, 4.69) is 0 Å². The number of carbonyl (C=O) groups is 1. The van der Waals surface area contributed by atoms with Crippen molar-refractivity contribution in [1.29, 1.82) is 0 Å². The van der Waals surface area contributed by atoms with Crippen molar-refractivity contribution in [2.24, 2.45) is 0 Å². The Morgan fingerprint density at radius 3 is 2.77 bits per heavy atom. The van der Waals surface area contributed by atoms with Gasteiger partial charge in [-0.15, -0.1) is 0 Å². The van der Waals surface area contributed by atoms with E-state index in [1.807, 2.05) is 0 Å². The molecule has 0 aromatic heterocycles.